The molecule has 2 rings (SSSR count). The number of carbonyl (C=O) groups is 2. The van der Waals surface area contributed by atoms with Gasteiger partial charge in [0.1, 0.15) is 0 Å². The molecular formula is C16H14Cl2N2O3. The molecule has 7 heteroatoms. The molecule has 0 aliphatic carbocycles. The maximum absolute atomic E-state index is 11.9. The lowest BCUT2D eigenvalue weighted by Crippen LogP contribution is -2.21. The van der Waals surface area contributed by atoms with Crippen molar-refractivity contribution >= 4 is 46.5 Å². The molecule has 23 heavy (non-hydrogen) atoms. The molecule has 0 heterocycles. The van der Waals surface area contributed by atoms with Crippen LogP contribution in [0.15, 0.2) is 42.5 Å². The van der Waals surface area contributed by atoms with Gasteiger partial charge in [-0.25, -0.2) is 4.79 Å². The molecule has 0 spiro atoms. The quantitative estimate of drug-likeness (QED) is 0.802. The third kappa shape index (κ3) is 4.87. The van der Waals surface area contributed by atoms with E-state index in [9.17, 15) is 9.59 Å². The number of hydrogen-bond acceptors (Lipinski definition) is 4. The summed E-state index contributed by atoms with van der Waals surface area (Å²) in [5.41, 5.74) is 1.59. The van der Waals surface area contributed by atoms with Crippen LogP contribution in [0.3, 0.4) is 0 Å². The number of methoxy groups -OCH3 is 1. The van der Waals surface area contributed by atoms with E-state index in [1.165, 1.54) is 7.11 Å². The van der Waals surface area contributed by atoms with Crippen LogP contribution in [0.5, 0.6) is 0 Å². The Kier molecular flexibility index (Phi) is 5.84. The summed E-state index contributed by atoms with van der Waals surface area (Å²) in [6.07, 6.45) is 0. The number of ether oxygens (including phenoxy) is 1. The molecule has 0 aromatic heterocycles. The number of rotatable bonds is 5. The van der Waals surface area contributed by atoms with Gasteiger partial charge in [-0.05, 0) is 36.4 Å². The van der Waals surface area contributed by atoms with E-state index in [2.05, 4.69) is 15.4 Å². The monoisotopic (exact) mass is 352 g/mol. The average Bonchev–Trinajstić information content (AvgIpc) is 2.56. The Balaban J connectivity index is 1.94. The maximum Gasteiger partial charge on any atom is 0.337 e. The highest BCUT2D eigenvalue weighted by molar-refractivity contribution is 6.42. The zero-order valence-electron chi connectivity index (χ0n) is 12.2. The van der Waals surface area contributed by atoms with E-state index in [-0.39, 0.29) is 12.5 Å². The lowest BCUT2D eigenvalue weighted by molar-refractivity contribution is -0.114. The molecule has 0 bridgehead atoms. The fourth-order valence-electron chi connectivity index (χ4n) is 1.84. The fourth-order valence-corrected chi connectivity index (χ4v) is 2.13. The summed E-state index contributed by atoms with van der Waals surface area (Å²) >= 11 is 11.7. The Morgan fingerprint density at radius 3 is 2.52 bits per heavy atom. The summed E-state index contributed by atoms with van der Waals surface area (Å²) in [6.45, 7) is 0.0326. The lowest BCUT2D eigenvalue weighted by atomic mass is 10.2. The normalized spacial score (nSPS) is 10.0. The van der Waals surface area contributed by atoms with Crippen LogP contribution in [0.25, 0.3) is 0 Å². The van der Waals surface area contributed by atoms with Gasteiger partial charge >= 0.3 is 5.97 Å². The van der Waals surface area contributed by atoms with Gasteiger partial charge in [-0.15, -0.1) is 0 Å². The molecule has 0 saturated carbocycles. The highest BCUT2D eigenvalue weighted by Gasteiger charge is 2.07. The molecule has 0 aliphatic heterocycles. The number of hydrogen-bond donors (Lipinski definition) is 2. The summed E-state index contributed by atoms with van der Waals surface area (Å²) in [5.74, 6) is -0.694. The summed E-state index contributed by atoms with van der Waals surface area (Å²) < 4.78 is 4.65. The molecule has 0 radical (unpaired) electrons. The number of carbonyl (C=O) groups excluding carboxylic acids is 2. The average molecular weight is 353 g/mol. The zero-order chi connectivity index (χ0) is 16.8. The lowest BCUT2D eigenvalue weighted by Gasteiger charge is -2.09. The zero-order valence-corrected chi connectivity index (χ0v) is 13.7. The molecule has 0 saturated heterocycles. The molecule has 0 atom stereocenters. The second-order valence-electron chi connectivity index (χ2n) is 4.60. The number of anilines is 2. The number of benzene rings is 2. The summed E-state index contributed by atoms with van der Waals surface area (Å²) in [4.78, 5) is 23.4. The summed E-state index contributed by atoms with van der Waals surface area (Å²) in [6, 6.07) is 11.5. The van der Waals surface area contributed by atoms with Gasteiger partial charge in [0.25, 0.3) is 0 Å². The van der Waals surface area contributed by atoms with Crippen LogP contribution in [-0.4, -0.2) is 25.5 Å². The molecule has 2 aromatic carbocycles. The van der Waals surface area contributed by atoms with Crippen molar-refractivity contribution < 1.29 is 14.3 Å². The van der Waals surface area contributed by atoms with Gasteiger partial charge in [-0.1, -0.05) is 29.3 Å². The van der Waals surface area contributed by atoms with Gasteiger partial charge in [0, 0.05) is 11.4 Å². The Labute approximate surface area is 143 Å². The second kappa shape index (κ2) is 7.85. The standard InChI is InChI=1S/C16H14Cl2N2O3/c1-23-16(22)10-3-2-4-11(7-10)19-9-15(21)20-12-5-6-13(17)14(18)8-12/h2-8,19H,9H2,1H3,(H,20,21). The molecule has 0 fully saturated rings. The maximum atomic E-state index is 11.9. The minimum absolute atomic E-state index is 0.0326. The predicted octanol–water partition coefficient (Wildman–Crippen LogP) is 3.83. The van der Waals surface area contributed by atoms with E-state index in [4.69, 9.17) is 23.2 Å². The molecule has 0 aliphatic rings. The largest absolute Gasteiger partial charge is 0.465 e. The molecule has 2 N–H and O–H groups in total. The van der Waals surface area contributed by atoms with Crippen LogP contribution in [0, 0.1) is 0 Å². The van der Waals surface area contributed by atoms with E-state index < -0.39 is 5.97 Å². The van der Waals surface area contributed by atoms with E-state index in [1.54, 1.807) is 42.5 Å². The van der Waals surface area contributed by atoms with Gasteiger partial charge < -0.3 is 15.4 Å². The van der Waals surface area contributed by atoms with Crippen LogP contribution >= 0.6 is 23.2 Å². The van der Waals surface area contributed by atoms with Crippen molar-refractivity contribution in [3.8, 4) is 0 Å². The Hall–Kier alpha value is -2.24. The van der Waals surface area contributed by atoms with E-state index in [0.29, 0.717) is 27.0 Å². The summed E-state index contributed by atoms with van der Waals surface area (Å²) in [5, 5.41) is 6.41. The molecule has 1 amide bonds. The second-order valence-corrected chi connectivity index (χ2v) is 5.42. The molecular weight excluding hydrogens is 339 g/mol. The Morgan fingerprint density at radius 1 is 1.04 bits per heavy atom. The van der Waals surface area contributed by atoms with Crippen LogP contribution in [0.2, 0.25) is 10.0 Å². The number of amides is 1. The molecule has 120 valence electrons. The van der Waals surface area contributed by atoms with Crippen LogP contribution < -0.4 is 10.6 Å². The number of esters is 1. The van der Waals surface area contributed by atoms with Crippen molar-refractivity contribution in [3.05, 3.63) is 58.1 Å². The predicted molar refractivity (Wildman–Crippen MR) is 91.4 cm³/mol. The van der Waals surface area contributed by atoms with Crippen LogP contribution in [0.1, 0.15) is 10.4 Å². The minimum atomic E-state index is -0.436. The van der Waals surface area contributed by atoms with E-state index in [1.807, 2.05) is 0 Å². The number of nitrogens with one attached hydrogen (secondary N) is 2. The van der Waals surface area contributed by atoms with Crippen LogP contribution in [-0.2, 0) is 9.53 Å². The van der Waals surface area contributed by atoms with Gasteiger partial charge in [0.2, 0.25) is 5.91 Å². The van der Waals surface area contributed by atoms with Gasteiger partial charge in [-0.3, -0.25) is 4.79 Å². The third-order valence-corrected chi connectivity index (χ3v) is 3.68. The first-order valence-corrected chi connectivity index (χ1v) is 7.42. The Bertz CT molecular complexity index is 735. The van der Waals surface area contributed by atoms with Gasteiger partial charge in [0.15, 0.2) is 0 Å². The topological polar surface area (TPSA) is 67.4 Å². The van der Waals surface area contributed by atoms with E-state index in [0.717, 1.165) is 0 Å². The first-order chi connectivity index (χ1) is 11.0. The number of halogens is 2. The first kappa shape index (κ1) is 17.1. The van der Waals surface area contributed by atoms with Crippen molar-refractivity contribution in [2.24, 2.45) is 0 Å². The van der Waals surface area contributed by atoms with Gasteiger partial charge in [0.05, 0.1) is 29.3 Å². The minimum Gasteiger partial charge on any atom is -0.465 e. The Morgan fingerprint density at radius 2 is 1.83 bits per heavy atom. The third-order valence-electron chi connectivity index (χ3n) is 2.94. The highest BCUT2D eigenvalue weighted by atomic mass is 35.5. The van der Waals surface area contributed by atoms with Crippen molar-refractivity contribution in [2.45, 2.75) is 0 Å². The molecule has 2 aromatic rings. The first-order valence-electron chi connectivity index (χ1n) is 6.67. The SMILES string of the molecule is COC(=O)c1cccc(NCC(=O)Nc2ccc(Cl)c(Cl)c2)c1. The van der Waals surface area contributed by atoms with E-state index >= 15 is 0 Å². The highest BCUT2D eigenvalue weighted by Crippen LogP contribution is 2.24. The molecule has 0 unspecified atom stereocenters. The summed E-state index contributed by atoms with van der Waals surface area (Å²) in [7, 11) is 1.31. The van der Waals surface area contributed by atoms with Crippen molar-refractivity contribution in [1.82, 2.24) is 0 Å². The van der Waals surface area contributed by atoms with Crippen molar-refractivity contribution in [1.29, 1.82) is 0 Å². The van der Waals surface area contributed by atoms with Crippen molar-refractivity contribution in [3.63, 3.8) is 0 Å². The van der Waals surface area contributed by atoms with Crippen molar-refractivity contribution in [2.75, 3.05) is 24.3 Å². The molecule has 5 nitrogen and oxygen atoms in total. The fraction of sp³-hybridized carbons (Fsp3) is 0.125. The smallest absolute Gasteiger partial charge is 0.337 e. The van der Waals surface area contributed by atoms with Crippen LogP contribution in [0.4, 0.5) is 11.4 Å². The van der Waals surface area contributed by atoms with Gasteiger partial charge in [-0.2, -0.15) is 0 Å².